The molecule has 1 heterocycles. The van der Waals surface area contributed by atoms with Crippen LogP contribution in [0.15, 0.2) is 30.0 Å². The molecule has 0 atom stereocenters. The minimum Gasteiger partial charge on any atom is -0.466 e. The van der Waals surface area contributed by atoms with Crippen molar-refractivity contribution in [2.45, 2.75) is 19.8 Å². The largest absolute Gasteiger partial charge is 0.466 e. The van der Waals surface area contributed by atoms with Crippen molar-refractivity contribution >= 4 is 40.8 Å². The zero-order valence-corrected chi connectivity index (χ0v) is 15.8. The van der Waals surface area contributed by atoms with Crippen molar-refractivity contribution in [3.8, 4) is 6.07 Å². The third kappa shape index (κ3) is 4.90. The van der Waals surface area contributed by atoms with E-state index in [4.69, 9.17) is 27.9 Å². The third-order valence-corrected chi connectivity index (χ3v) is 4.90. The molecule has 1 aliphatic rings. The standard InChI is InChI=1S/C18H19Cl2N3O3/c1-2-26-18(25)12-6-8-23(9-7-12)17(24)13(10-21)11-22-15-5-3-4-14(19)16(15)20/h3-5,11-12,22H,2,6-9H2,1H3/b13-11-. The van der Waals surface area contributed by atoms with E-state index in [0.29, 0.717) is 48.3 Å². The van der Waals surface area contributed by atoms with Crippen LogP contribution >= 0.6 is 23.2 Å². The van der Waals surface area contributed by atoms with Gasteiger partial charge in [-0.3, -0.25) is 9.59 Å². The fourth-order valence-corrected chi connectivity index (χ4v) is 3.01. The van der Waals surface area contributed by atoms with Gasteiger partial charge in [0.05, 0.1) is 28.3 Å². The highest BCUT2D eigenvalue weighted by molar-refractivity contribution is 6.43. The molecular weight excluding hydrogens is 377 g/mol. The van der Waals surface area contributed by atoms with Crippen LogP contribution in [0, 0.1) is 17.2 Å². The molecular formula is C18H19Cl2N3O3. The summed E-state index contributed by atoms with van der Waals surface area (Å²) in [5.41, 5.74) is 0.455. The van der Waals surface area contributed by atoms with Gasteiger partial charge in [-0.05, 0) is 31.9 Å². The molecule has 6 nitrogen and oxygen atoms in total. The van der Waals surface area contributed by atoms with Crippen molar-refractivity contribution in [2.75, 3.05) is 25.0 Å². The fraction of sp³-hybridized carbons (Fsp3) is 0.389. The summed E-state index contributed by atoms with van der Waals surface area (Å²) in [6.07, 6.45) is 2.37. The Balaban J connectivity index is 2.00. The van der Waals surface area contributed by atoms with Gasteiger partial charge in [-0.25, -0.2) is 0 Å². The highest BCUT2D eigenvalue weighted by Crippen LogP contribution is 2.29. The minimum absolute atomic E-state index is 0.0457. The zero-order valence-electron chi connectivity index (χ0n) is 14.3. The van der Waals surface area contributed by atoms with Crippen molar-refractivity contribution in [1.29, 1.82) is 5.26 Å². The predicted octanol–water partition coefficient (Wildman–Crippen LogP) is 3.61. The van der Waals surface area contributed by atoms with E-state index in [1.807, 2.05) is 6.07 Å². The number of amides is 1. The Morgan fingerprint density at radius 1 is 1.38 bits per heavy atom. The minimum atomic E-state index is -0.388. The monoisotopic (exact) mass is 395 g/mol. The topological polar surface area (TPSA) is 82.4 Å². The zero-order chi connectivity index (χ0) is 19.1. The number of likely N-dealkylation sites (tertiary alicyclic amines) is 1. The molecule has 0 aliphatic carbocycles. The average Bonchev–Trinajstić information content (AvgIpc) is 2.65. The molecule has 1 aromatic rings. The van der Waals surface area contributed by atoms with Gasteiger partial charge in [0.25, 0.3) is 5.91 Å². The highest BCUT2D eigenvalue weighted by atomic mass is 35.5. The molecule has 1 amide bonds. The number of esters is 1. The molecule has 0 radical (unpaired) electrons. The predicted molar refractivity (Wildman–Crippen MR) is 99.7 cm³/mol. The molecule has 0 bridgehead atoms. The van der Waals surface area contributed by atoms with Gasteiger partial charge in [0.15, 0.2) is 0 Å². The second-order valence-electron chi connectivity index (χ2n) is 5.73. The van der Waals surface area contributed by atoms with Gasteiger partial charge in [0.1, 0.15) is 11.6 Å². The van der Waals surface area contributed by atoms with Crippen LogP contribution in [0.3, 0.4) is 0 Å². The number of nitrogens with zero attached hydrogens (tertiary/aromatic N) is 2. The van der Waals surface area contributed by atoms with Gasteiger partial charge >= 0.3 is 5.97 Å². The van der Waals surface area contributed by atoms with Crippen LogP contribution in [0.2, 0.25) is 10.0 Å². The number of ether oxygens (including phenoxy) is 1. The highest BCUT2D eigenvalue weighted by Gasteiger charge is 2.29. The number of piperidine rings is 1. The average molecular weight is 396 g/mol. The number of nitrogens with one attached hydrogen (secondary N) is 1. The van der Waals surface area contributed by atoms with E-state index < -0.39 is 0 Å². The number of anilines is 1. The molecule has 8 heteroatoms. The molecule has 0 aromatic heterocycles. The number of carbonyl (C=O) groups excluding carboxylic acids is 2. The second-order valence-corrected chi connectivity index (χ2v) is 6.52. The number of hydrogen-bond donors (Lipinski definition) is 1. The van der Waals surface area contributed by atoms with E-state index >= 15 is 0 Å². The summed E-state index contributed by atoms with van der Waals surface area (Å²) in [6.45, 7) is 2.91. The smallest absolute Gasteiger partial charge is 0.309 e. The third-order valence-electron chi connectivity index (χ3n) is 4.08. The van der Waals surface area contributed by atoms with Crippen LogP contribution in [0.1, 0.15) is 19.8 Å². The molecule has 0 saturated carbocycles. The van der Waals surface area contributed by atoms with E-state index in [1.165, 1.54) is 6.20 Å². The number of nitriles is 1. The summed E-state index contributed by atoms with van der Waals surface area (Å²) in [5.74, 6) is -0.815. The van der Waals surface area contributed by atoms with Crippen molar-refractivity contribution in [3.63, 3.8) is 0 Å². The molecule has 1 saturated heterocycles. The first-order chi connectivity index (χ1) is 12.5. The first kappa shape index (κ1) is 20.1. The van der Waals surface area contributed by atoms with Crippen molar-refractivity contribution < 1.29 is 14.3 Å². The normalized spacial score (nSPS) is 15.3. The quantitative estimate of drug-likeness (QED) is 0.467. The van der Waals surface area contributed by atoms with E-state index in [-0.39, 0.29) is 23.4 Å². The molecule has 138 valence electrons. The number of benzene rings is 1. The lowest BCUT2D eigenvalue weighted by atomic mass is 9.96. The van der Waals surface area contributed by atoms with Gasteiger partial charge in [-0.2, -0.15) is 5.26 Å². The Labute approximate surface area is 162 Å². The Bertz CT molecular complexity index is 751. The Kier molecular flexibility index (Phi) is 7.31. The summed E-state index contributed by atoms with van der Waals surface area (Å²) in [4.78, 5) is 25.8. The van der Waals surface area contributed by atoms with Crippen LogP contribution < -0.4 is 5.32 Å². The Morgan fingerprint density at radius 2 is 2.08 bits per heavy atom. The van der Waals surface area contributed by atoms with Crippen LogP contribution in [-0.4, -0.2) is 36.5 Å². The summed E-state index contributed by atoms with van der Waals surface area (Å²) in [7, 11) is 0. The molecule has 26 heavy (non-hydrogen) atoms. The van der Waals surface area contributed by atoms with E-state index in [0.717, 1.165) is 0 Å². The maximum absolute atomic E-state index is 12.5. The van der Waals surface area contributed by atoms with Crippen LogP contribution in [-0.2, 0) is 14.3 Å². The van der Waals surface area contributed by atoms with Gasteiger partial charge < -0.3 is 15.0 Å². The van der Waals surface area contributed by atoms with Gasteiger partial charge in [-0.1, -0.05) is 29.3 Å². The van der Waals surface area contributed by atoms with Gasteiger partial charge in [0.2, 0.25) is 0 Å². The molecule has 2 rings (SSSR count). The molecule has 1 aliphatic heterocycles. The summed E-state index contributed by atoms with van der Waals surface area (Å²) < 4.78 is 5.01. The lowest BCUT2D eigenvalue weighted by Crippen LogP contribution is -2.41. The van der Waals surface area contributed by atoms with E-state index in [1.54, 1.807) is 30.0 Å². The lowest BCUT2D eigenvalue weighted by Gasteiger charge is -2.30. The molecule has 0 spiro atoms. The van der Waals surface area contributed by atoms with E-state index in [2.05, 4.69) is 5.32 Å². The summed E-state index contributed by atoms with van der Waals surface area (Å²) in [5, 5.41) is 12.8. The molecule has 0 unspecified atom stereocenters. The number of rotatable bonds is 5. The summed E-state index contributed by atoms with van der Waals surface area (Å²) in [6, 6.07) is 6.94. The maximum Gasteiger partial charge on any atom is 0.309 e. The van der Waals surface area contributed by atoms with Crippen LogP contribution in [0.25, 0.3) is 0 Å². The molecule has 1 N–H and O–H groups in total. The number of halogens is 2. The first-order valence-electron chi connectivity index (χ1n) is 8.24. The van der Waals surface area contributed by atoms with Crippen molar-refractivity contribution in [1.82, 2.24) is 4.90 Å². The van der Waals surface area contributed by atoms with Crippen molar-refractivity contribution in [2.24, 2.45) is 5.92 Å². The lowest BCUT2D eigenvalue weighted by molar-refractivity contribution is -0.150. The van der Waals surface area contributed by atoms with Crippen LogP contribution in [0.4, 0.5) is 5.69 Å². The summed E-state index contributed by atoms with van der Waals surface area (Å²) >= 11 is 12.0. The van der Waals surface area contributed by atoms with E-state index in [9.17, 15) is 14.9 Å². The van der Waals surface area contributed by atoms with Crippen molar-refractivity contribution in [3.05, 3.63) is 40.0 Å². The maximum atomic E-state index is 12.5. The van der Waals surface area contributed by atoms with Crippen LogP contribution in [0.5, 0.6) is 0 Å². The van der Waals surface area contributed by atoms with Gasteiger partial charge in [-0.15, -0.1) is 0 Å². The second kappa shape index (κ2) is 9.46. The molecule has 1 aromatic carbocycles. The molecule has 1 fully saturated rings. The van der Waals surface area contributed by atoms with Gasteiger partial charge in [0, 0.05) is 19.3 Å². The fourth-order valence-electron chi connectivity index (χ4n) is 2.66. The Morgan fingerprint density at radius 3 is 2.69 bits per heavy atom. The first-order valence-corrected chi connectivity index (χ1v) is 9.00. The number of hydrogen-bond acceptors (Lipinski definition) is 5. The Hall–Kier alpha value is -2.23. The SMILES string of the molecule is CCOC(=O)C1CCN(C(=O)/C(C#N)=C\Nc2cccc(Cl)c2Cl)CC1. The number of carbonyl (C=O) groups is 2.